The van der Waals surface area contributed by atoms with Gasteiger partial charge >= 0.3 is 0 Å². The molecule has 0 aliphatic heterocycles. The Kier molecular flexibility index (Phi) is 2.70. The fourth-order valence-electron chi connectivity index (χ4n) is 1.64. The zero-order chi connectivity index (χ0) is 11.9. The monoisotopic (exact) mass is 282 g/mol. The largest absolute Gasteiger partial charge is 0.226 e. The molecule has 0 unspecified atom stereocenters. The first-order valence-electron chi connectivity index (χ1n) is 5.01. The van der Waals surface area contributed by atoms with Crippen molar-refractivity contribution >= 4 is 26.8 Å². The van der Waals surface area contributed by atoms with E-state index in [0.717, 1.165) is 16.6 Å². The van der Waals surface area contributed by atoms with Gasteiger partial charge in [0.15, 0.2) is 4.73 Å². The quantitative estimate of drug-likeness (QED) is 0.687. The van der Waals surface area contributed by atoms with Crippen LogP contribution in [-0.4, -0.2) is 9.97 Å². The van der Waals surface area contributed by atoms with Gasteiger partial charge in [-0.15, -0.1) is 0 Å². The maximum atomic E-state index is 13.2. The van der Waals surface area contributed by atoms with Gasteiger partial charge in [0.25, 0.3) is 0 Å². The molecule has 0 aliphatic carbocycles. The van der Waals surface area contributed by atoms with Crippen molar-refractivity contribution in [2.75, 3.05) is 0 Å². The van der Waals surface area contributed by atoms with Crippen LogP contribution in [0.15, 0.2) is 22.9 Å². The van der Waals surface area contributed by atoms with Gasteiger partial charge in [-0.2, -0.15) is 0 Å². The van der Waals surface area contributed by atoms with Crippen molar-refractivity contribution in [2.24, 2.45) is 0 Å². The summed E-state index contributed by atoms with van der Waals surface area (Å²) < 4.78 is 13.8. The summed E-state index contributed by atoms with van der Waals surface area (Å²) in [5.74, 6) is -0.260. The predicted octanol–water partition coefficient (Wildman–Crippen LogP) is 3.83. The Labute approximate surface area is 102 Å². The van der Waals surface area contributed by atoms with Crippen LogP contribution in [0.3, 0.4) is 0 Å². The lowest BCUT2D eigenvalue weighted by Gasteiger charge is -2.19. The minimum absolute atomic E-state index is 0.141. The molecule has 4 heteroatoms. The van der Waals surface area contributed by atoms with E-state index in [-0.39, 0.29) is 11.2 Å². The molecule has 0 radical (unpaired) electrons. The van der Waals surface area contributed by atoms with Crippen LogP contribution in [0.5, 0.6) is 0 Å². The molecule has 0 saturated heterocycles. The molecule has 1 heterocycles. The second-order valence-electron chi connectivity index (χ2n) is 4.75. The number of aromatic nitrogens is 2. The Morgan fingerprint density at radius 2 is 1.88 bits per heavy atom. The number of fused-ring (bicyclic) bond motifs is 1. The van der Waals surface area contributed by atoms with E-state index in [2.05, 4.69) is 25.9 Å². The zero-order valence-electron chi connectivity index (χ0n) is 9.38. The van der Waals surface area contributed by atoms with Crippen LogP contribution in [0, 0.1) is 5.82 Å². The summed E-state index contributed by atoms with van der Waals surface area (Å²) >= 11 is 3.28. The van der Waals surface area contributed by atoms with Gasteiger partial charge in [-0.3, -0.25) is 0 Å². The van der Waals surface area contributed by atoms with Crippen molar-refractivity contribution in [3.05, 3.63) is 34.4 Å². The number of nitrogens with zero attached hydrogens (tertiary/aromatic N) is 2. The smallest absolute Gasteiger partial charge is 0.197 e. The third kappa shape index (κ3) is 2.07. The molecule has 2 aromatic rings. The van der Waals surface area contributed by atoms with E-state index >= 15 is 0 Å². The molecule has 0 amide bonds. The first-order chi connectivity index (χ1) is 7.38. The number of hydrogen-bond donors (Lipinski definition) is 0. The molecule has 0 saturated carbocycles. The first-order valence-corrected chi connectivity index (χ1v) is 5.80. The van der Waals surface area contributed by atoms with Crippen molar-refractivity contribution in [3.63, 3.8) is 0 Å². The molecule has 0 fully saturated rings. The summed E-state index contributed by atoms with van der Waals surface area (Å²) in [6, 6.07) is 4.57. The SMILES string of the molecule is CC(C)(C)c1nc(Br)nc2ccc(F)cc12. The Morgan fingerprint density at radius 1 is 1.19 bits per heavy atom. The lowest BCUT2D eigenvalue weighted by Crippen LogP contribution is -2.15. The molecular weight excluding hydrogens is 271 g/mol. The van der Waals surface area contributed by atoms with Gasteiger partial charge in [0.2, 0.25) is 0 Å². The van der Waals surface area contributed by atoms with Crippen molar-refractivity contribution in [2.45, 2.75) is 26.2 Å². The fraction of sp³-hybridized carbons (Fsp3) is 0.333. The van der Waals surface area contributed by atoms with Gasteiger partial charge in [0, 0.05) is 10.8 Å². The second kappa shape index (κ2) is 3.77. The topological polar surface area (TPSA) is 25.8 Å². The van der Waals surface area contributed by atoms with Crippen LogP contribution in [0.4, 0.5) is 4.39 Å². The first kappa shape index (κ1) is 11.5. The maximum absolute atomic E-state index is 13.2. The minimum atomic E-state index is -0.260. The van der Waals surface area contributed by atoms with E-state index in [1.165, 1.54) is 12.1 Å². The Balaban J connectivity index is 2.85. The standard InChI is InChI=1S/C12H12BrFN2/c1-12(2,3)10-8-6-7(14)4-5-9(8)15-11(13)16-10/h4-6H,1-3H3. The molecule has 0 spiro atoms. The van der Waals surface area contributed by atoms with Crippen LogP contribution >= 0.6 is 15.9 Å². The van der Waals surface area contributed by atoms with E-state index in [4.69, 9.17) is 0 Å². The van der Waals surface area contributed by atoms with Gasteiger partial charge in [-0.25, -0.2) is 14.4 Å². The summed E-state index contributed by atoms with van der Waals surface area (Å²) in [6.45, 7) is 6.14. The average Bonchev–Trinajstić information content (AvgIpc) is 2.16. The van der Waals surface area contributed by atoms with E-state index in [0.29, 0.717) is 4.73 Å². The Morgan fingerprint density at radius 3 is 2.50 bits per heavy atom. The highest BCUT2D eigenvalue weighted by Crippen LogP contribution is 2.29. The third-order valence-electron chi connectivity index (χ3n) is 2.34. The number of hydrogen-bond acceptors (Lipinski definition) is 2. The van der Waals surface area contributed by atoms with Crippen LogP contribution in [0.1, 0.15) is 26.5 Å². The molecule has 0 atom stereocenters. The summed E-state index contributed by atoms with van der Waals surface area (Å²) in [7, 11) is 0. The number of benzene rings is 1. The van der Waals surface area contributed by atoms with E-state index in [1.54, 1.807) is 6.07 Å². The fourth-order valence-corrected chi connectivity index (χ4v) is 2.01. The summed E-state index contributed by atoms with van der Waals surface area (Å²) in [5.41, 5.74) is 1.47. The van der Waals surface area contributed by atoms with Crippen LogP contribution in [0.25, 0.3) is 10.9 Å². The minimum Gasteiger partial charge on any atom is -0.226 e. The summed E-state index contributed by atoms with van der Waals surface area (Å²) in [6.07, 6.45) is 0. The third-order valence-corrected chi connectivity index (χ3v) is 2.70. The van der Waals surface area contributed by atoms with Gasteiger partial charge in [-0.1, -0.05) is 20.8 Å². The van der Waals surface area contributed by atoms with E-state index in [9.17, 15) is 4.39 Å². The van der Waals surface area contributed by atoms with Gasteiger partial charge in [0.05, 0.1) is 11.2 Å². The van der Waals surface area contributed by atoms with Crippen molar-refractivity contribution < 1.29 is 4.39 Å². The average molecular weight is 283 g/mol. The number of halogens is 2. The predicted molar refractivity (Wildman–Crippen MR) is 65.9 cm³/mol. The normalized spacial score (nSPS) is 12.1. The van der Waals surface area contributed by atoms with Crippen LogP contribution < -0.4 is 0 Å². The van der Waals surface area contributed by atoms with Gasteiger partial charge < -0.3 is 0 Å². The van der Waals surface area contributed by atoms with E-state index in [1.807, 2.05) is 20.8 Å². The lowest BCUT2D eigenvalue weighted by molar-refractivity contribution is 0.571. The van der Waals surface area contributed by atoms with Crippen molar-refractivity contribution in [1.82, 2.24) is 9.97 Å². The van der Waals surface area contributed by atoms with Crippen LogP contribution in [-0.2, 0) is 5.41 Å². The molecule has 0 bridgehead atoms. The zero-order valence-corrected chi connectivity index (χ0v) is 11.0. The lowest BCUT2D eigenvalue weighted by atomic mass is 9.89. The highest BCUT2D eigenvalue weighted by atomic mass is 79.9. The summed E-state index contributed by atoms with van der Waals surface area (Å²) in [5, 5.41) is 0.774. The van der Waals surface area contributed by atoms with Crippen molar-refractivity contribution in [1.29, 1.82) is 0 Å². The molecule has 1 aromatic heterocycles. The second-order valence-corrected chi connectivity index (χ2v) is 5.46. The summed E-state index contributed by atoms with van der Waals surface area (Å²) in [4.78, 5) is 8.58. The van der Waals surface area contributed by atoms with Crippen LogP contribution in [0.2, 0.25) is 0 Å². The molecule has 84 valence electrons. The van der Waals surface area contributed by atoms with Gasteiger partial charge in [0.1, 0.15) is 5.82 Å². The molecular formula is C12H12BrFN2. The maximum Gasteiger partial charge on any atom is 0.197 e. The molecule has 1 aromatic carbocycles. The Hall–Kier alpha value is -1.03. The van der Waals surface area contributed by atoms with Crippen molar-refractivity contribution in [3.8, 4) is 0 Å². The molecule has 0 aliphatic rings. The van der Waals surface area contributed by atoms with Gasteiger partial charge in [-0.05, 0) is 34.1 Å². The highest BCUT2D eigenvalue weighted by Gasteiger charge is 2.20. The number of rotatable bonds is 0. The molecule has 2 rings (SSSR count). The van der Waals surface area contributed by atoms with E-state index < -0.39 is 0 Å². The highest BCUT2D eigenvalue weighted by molar-refractivity contribution is 9.10. The molecule has 16 heavy (non-hydrogen) atoms. The molecule has 2 nitrogen and oxygen atoms in total. The molecule has 0 N–H and O–H groups in total. The Bertz CT molecular complexity index is 546.